The number of nitrogens with one attached hydrogen (secondary N) is 3. The van der Waals surface area contributed by atoms with Crippen LogP contribution in [0, 0.1) is 17.2 Å². The summed E-state index contributed by atoms with van der Waals surface area (Å²) >= 11 is 0. The normalized spacial score (nSPS) is 20.9. The molecule has 1 aromatic carbocycles. The Kier molecular flexibility index (Phi) is 14.8. The van der Waals surface area contributed by atoms with Gasteiger partial charge in [0.1, 0.15) is 24.0 Å². The first kappa shape index (κ1) is 43.3. The van der Waals surface area contributed by atoms with E-state index < -0.39 is 82.5 Å². The van der Waals surface area contributed by atoms with Gasteiger partial charge >= 0.3 is 19.2 Å². The number of likely N-dealkylation sites (tertiary alicyclic amines) is 1. The molecule has 15 nitrogen and oxygen atoms in total. The molecule has 3 aliphatic rings. The van der Waals surface area contributed by atoms with Gasteiger partial charge in [-0.3, -0.25) is 14.5 Å². The fourth-order valence-corrected chi connectivity index (χ4v) is 8.30. The topological polar surface area (TPSA) is 198 Å². The standard InChI is InChI=1S/C36H58BFN6O9S/c1-7-13-30(37(49)50)40-32(45)28-18-25(53-35(48)43-19-24-16-12-17-27(38)26(24)21-43)20-44(28)33(46)31(23-14-10-9-11-15-23)41-34(47)39-29(36(3,4)5)22-42(6)54(51,52)8-2/h12,16-17,23,25,28-31,49-50H,7-11,13-15,18-22H2,1-6H3,(H,40,45)(H2,39,41,47)/t25-,28+,29-,30+,31+/m1/s1. The minimum absolute atomic E-state index is 0.000921. The predicted octanol–water partition coefficient (Wildman–Crippen LogP) is 2.49. The Balaban J connectivity index is 1.58. The highest BCUT2D eigenvalue weighted by Crippen LogP contribution is 2.32. The van der Waals surface area contributed by atoms with Gasteiger partial charge in [0, 0.05) is 38.2 Å². The molecule has 0 aromatic heterocycles. The van der Waals surface area contributed by atoms with E-state index in [-0.39, 0.29) is 50.7 Å². The van der Waals surface area contributed by atoms with E-state index in [1.807, 2.05) is 27.7 Å². The van der Waals surface area contributed by atoms with Crippen molar-refractivity contribution in [1.29, 1.82) is 0 Å². The number of urea groups is 1. The summed E-state index contributed by atoms with van der Waals surface area (Å²) in [5, 5.41) is 28.4. The molecule has 0 spiro atoms. The molecule has 2 fully saturated rings. The molecule has 54 heavy (non-hydrogen) atoms. The summed E-state index contributed by atoms with van der Waals surface area (Å²) in [5.41, 5.74) is 0.485. The largest absolute Gasteiger partial charge is 0.475 e. The molecule has 5 atom stereocenters. The minimum atomic E-state index is -3.55. The fourth-order valence-electron chi connectivity index (χ4n) is 7.48. The number of hydrogen-bond acceptors (Lipinski definition) is 9. The second kappa shape index (κ2) is 18.4. The van der Waals surface area contributed by atoms with Crippen molar-refractivity contribution in [3.05, 3.63) is 35.1 Å². The lowest BCUT2D eigenvalue weighted by atomic mass is 9.76. The Bertz CT molecular complexity index is 1610. The monoisotopic (exact) mass is 780 g/mol. The summed E-state index contributed by atoms with van der Waals surface area (Å²) in [7, 11) is -3.95. The molecule has 1 saturated heterocycles. The first-order valence-corrected chi connectivity index (χ1v) is 20.7. The van der Waals surface area contributed by atoms with Gasteiger partial charge in [0.05, 0.1) is 24.8 Å². The number of ether oxygens (including phenoxy) is 1. The van der Waals surface area contributed by atoms with Crippen molar-refractivity contribution in [2.75, 3.05) is 25.9 Å². The van der Waals surface area contributed by atoms with Crippen LogP contribution in [0.15, 0.2) is 18.2 Å². The van der Waals surface area contributed by atoms with Crippen LogP contribution in [0.2, 0.25) is 0 Å². The van der Waals surface area contributed by atoms with Crippen molar-refractivity contribution >= 4 is 41.1 Å². The number of benzene rings is 1. The highest BCUT2D eigenvalue weighted by molar-refractivity contribution is 7.89. The number of fused-ring (bicyclic) bond motifs is 1. The zero-order valence-electron chi connectivity index (χ0n) is 32.3. The Morgan fingerprint density at radius 1 is 1.06 bits per heavy atom. The van der Waals surface area contributed by atoms with Crippen LogP contribution in [0.4, 0.5) is 14.0 Å². The van der Waals surface area contributed by atoms with Crippen molar-refractivity contribution in [3.63, 3.8) is 0 Å². The number of carbonyl (C=O) groups excluding carboxylic acids is 4. The molecule has 1 saturated carbocycles. The van der Waals surface area contributed by atoms with Crippen molar-refractivity contribution in [3.8, 4) is 0 Å². The Morgan fingerprint density at radius 3 is 2.33 bits per heavy atom. The predicted molar refractivity (Wildman–Crippen MR) is 200 cm³/mol. The van der Waals surface area contributed by atoms with E-state index in [0.717, 1.165) is 19.3 Å². The number of nitrogens with zero attached hydrogens (tertiary/aromatic N) is 3. The first-order chi connectivity index (χ1) is 25.4. The van der Waals surface area contributed by atoms with Gasteiger partial charge in [-0.1, -0.05) is 65.5 Å². The average molecular weight is 781 g/mol. The van der Waals surface area contributed by atoms with Crippen LogP contribution in [0.25, 0.3) is 0 Å². The van der Waals surface area contributed by atoms with Gasteiger partial charge in [0.15, 0.2) is 0 Å². The number of rotatable bonds is 14. The zero-order valence-corrected chi connectivity index (χ0v) is 33.2. The van der Waals surface area contributed by atoms with E-state index in [2.05, 4.69) is 16.0 Å². The van der Waals surface area contributed by atoms with Crippen LogP contribution in [0.5, 0.6) is 0 Å². The average Bonchev–Trinajstić information content (AvgIpc) is 3.75. The maximum atomic E-state index is 14.7. The van der Waals surface area contributed by atoms with Crippen LogP contribution in [-0.4, -0.2) is 120 Å². The third-order valence-electron chi connectivity index (χ3n) is 10.9. The molecule has 2 aliphatic heterocycles. The lowest BCUT2D eigenvalue weighted by Crippen LogP contribution is -2.61. The van der Waals surface area contributed by atoms with Crippen LogP contribution >= 0.6 is 0 Å². The number of carbonyl (C=O) groups is 4. The molecule has 2 heterocycles. The number of halogens is 1. The van der Waals surface area contributed by atoms with Gasteiger partial charge in [0.2, 0.25) is 21.8 Å². The lowest BCUT2D eigenvalue weighted by Gasteiger charge is -2.37. The van der Waals surface area contributed by atoms with Gasteiger partial charge < -0.3 is 35.6 Å². The van der Waals surface area contributed by atoms with Gasteiger partial charge in [-0.05, 0) is 49.1 Å². The Hall–Kier alpha value is -3.48. The van der Waals surface area contributed by atoms with Crippen molar-refractivity contribution in [1.82, 2.24) is 30.1 Å². The van der Waals surface area contributed by atoms with Crippen molar-refractivity contribution in [2.24, 2.45) is 11.3 Å². The smallest absolute Gasteiger partial charge is 0.444 e. The molecule has 0 bridgehead atoms. The lowest BCUT2D eigenvalue weighted by molar-refractivity contribution is -0.141. The number of amides is 5. The summed E-state index contributed by atoms with van der Waals surface area (Å²) in [4.78, 5) is 58.3. The van der Waals surface area contributed by atoms with E-state index in [1.165, 1.54) is 27.2 Å². The molecule has 0 unspecified atom stereocenters. The van der Waals surface area contributed by atoms with E-state index in [0.29, 0.717) is 30.4 Å². The summed E-state index contributed by atoms with van der Waals surface area (Å²) in [6.07, 6.45) is 2.94. The molecular formula is C36H58BFN6O9S. The number of hydrogen-bond donors (Lipinski definition) is 5. The molecule has 5 N–H and O–H groups in total. The van der Waals surface area contributed by atoms with Gasteiger partial charge in [-0.25, -0.2) is 26.7 Å². The van der Waals surface area contributed by atoms with Gasteiger partial charge in [0.25, 0.3) is 0 Å². The SMILES string of the molecule is CCC[C@H](NC(=O)[C@@H]1C[C@@H](OC(=O)N2Cc3cccc(F)c3C2)CN1C(=O)[C@@H](NC(=O)N[C@H](CN(C)S(=O)(=O)CC)C(C)(C)C)C1CCCCC1)B(O)O. The fraction of sp³-hybridized carbons (Fsp3) is 0.722. The summed E-state index contributed by atoms with van der Waals surface area (Å²) in [5.74, 6) is -3.04. The minimum Gasteiger partial charge on any atom is -0.444 e. The molecule has 0 radical (unpaired) electrons. The van der Waals surface area contributed by atoms with Crippen LogP contribution < -0.4 is 16.0 Å². The van der Waals surface area contributed by atoms with Gasteiger partial charge in [-0.15, -0.1) is 0 Å². The highest BCUT2D eigenvalue weighted by Gasteiger charge is 2.47. The molecule has 18 heteroatoms. The first-order valence-electron chi connectivity index (χ1n) is 19.1. The van der Waals surface area contributed by atoms with E-state index in [9.17, 15) is 42.0 Å². The van der Waals surface area contributed by atoms with Crippen LogP contribution in [0.3, 0.4) is 0 Å². The number of sulfonamides is 1. The molecule has 4 rings (SSSR count). The molecular weight excluding hydrogens is 722 g/mol. The maximum absolute atomic E-state index is 14.7. The second-order valence-electron chi connectivity index (χ2n) is 15.9. The maximum Gasteiger partial charge on any atom is 0.475 e. The highest BCUT2D eigenvalue weighted by atomic mass is 32.2. The van der Waals surface area contributed by atoms with E-state index >= 15 is 0 Å². The summed E-state index contributed by atoms with van der Waals surface area (Å²) in [6.45, 7) is 8.94. The van der Waals surface area contributed by atoms with E-state index in [4.69, 9.17) is 4.74 Å². The quantitative estimate of drug-likeness (QED) is 0.176. The Morgan fingerprint density at radius 2 is 1.74 bits per heavy atom. The van der Waals surface area contributed by atoms with Gasteiger partial charge in [-0.2, -0.15) is 0 Å². The van der Waals surface area contributed by atoms with E-state index in [1.54, 1.807) is 19.1 Å². The zero-order chi connectivity index (χ0) is 40.0. The third-order valence-corrected chi connectivity index (χ3v) is 12.7. The number of likely N-dealkylation sites (N-methyl/N-ethyl adjacent to an activating group) is 1. The molecule has 302 valence electrons. The van der Waals surface area contributed by atoms with Crippen molar-refractivity contribution < 1.29 is 46.8 Å². The molecule has 1 aromatic rings. The molecule has 5 amide bonds. The van der Waals surface area contributed by atoms with Crippen molar-refractivity contribution in [2.45, 2.75) is 129 Å². The Labute approximate surface area is 318 Å². The third kappa shape index (κ3) is 10.8. The second-order valence-corrected chi connectivity index (χ2v) is 18.3. The van der Waals surface area contributed by atoms with Crippen LogP contribution in [0.1, 0.15) is 97.1 Å². The summed E-state index contributed by atoms with van der Waals surface area (Å²) < 4.78 is 46.6. The summed E-state index contributed by atoms with van der Waals surface area (Å²) in [6, 6.07) is 1.07. The molecule has 1 aliphatic carbocycles. The van der Waals surface area contributed by atoms with Crippen LogP contribution in [-0.2, 0) is 37.4 Å².